The third-order valence-corrected chi connectivity index (χ3v) is 3.81. The van der Waals surface area contributed by atoms with Crippen molar-refractivity contribution < 1.29 is 0 Å². The average molecular weight is 273 g/mol. The molecule has 19 heavy (non-hydrogen) atoms. The summed E-state index contributed by atoms with van der Waals surface area (Å²) in [5.41, 5.74) is 10.1. The Morgan fingerprint density at radius 1 is 1.11 bits per heavy atom. The SMILES string of the molecule is NC1Cc2ccccc2N(Cc2ccc(Cl)cc2)C1. The van der Waals surface area contributed by atoms with Gasteiger partial charge in [-0.05, 0) is 35.7 Å². The van der Waals surface area contributed by atoms with E-state index < -0.39 is 0 Å². The first-order valence-corrected chi connectivity index (χ1v) is 6.93. The van der Waals surface area contributed by atoms with E-state index in [0.29, 0.717) is 0 Å². The van der Waals surface area contributed by atoms with Gasteiger partial charge < -0.3 is 10.6 Å². The number of rotatable bonds is 2. The van der Waals surface area contributed by atoms with Gasteiger partial charge in [-0.25, -0.2) is 0 Å². The van der Waals surface area contributed by atoms with Crippen molar-refractivity contribution in [3.63, 3.8) is 0 Å². The lowest BCUT2D eigenvalue weighted by Crippen LogP contribution is -2.42. The van der Waals surface area contributed by atoms with Gasteiger partial charge in [0.1, 0.15) is 0 Å². The third-order valence-electron chi connectivity index (χ3n) is 3.56. The van der Waals surface area contributed by atoms with Crippen LogP contribution in [0.2, 0.25) is 5.02 Å². The number of fused-ring (bicyclic) bond motifs is 1. The van der Waals surface area contributed by atoms with E-state index in [2.05, 4.69) is 41.3 Å². The lowest BCUT2D eigenvalue weighted by molar-refractivity contribution is 0.599. The molecular formula is C16H17ClN2. The number of halogens is 1. The number of hydrogen-bond acceptors (Lipinski definition) is 2. The van der Waals surface area contributed by atoms with E-state index in [0.717, 1.165) is 24.5 Å². The molecular weight excluding hydrogens is 256 g/mol. The van der Waals surface area contributed by atoms with E-state index in [4.69, 9.17) is 17.3 Å². The molecule has 0 saturated carbocycles. The van der Waals surface area contributed by atoms with Crippen molar-refractivity contribution in [1.82, 2.24) is 0 Å². The molecule has 1 heterocycles. The van der Waals surface area contributed by atoms with Crippen LogP contribution < -0.4 is 10.6 Å². The first kappa shape index (κ1) is 12.5. The van der Waals surface area contributed by atoms with Crippen molar-refractivity contribution in [3.8, 4) is 0 Å². The molecule has 2 nitrogen and oxygen atoms in total. The zero-order valence-electron chi connectivity index (χ0n) is 10.7. The molecule has 0 aromatic heterocycles. The van der Waals surface area contributed by atoms with Gasteiger partial charge in [-0.2, -0.15) is 0 Å². The van der Waals surface area contributed by atoms with Crippen LogP contribution in [0.1, 0.15) is 11.1 Å². The maximum absolute atomic E-state index is 6.15. The van der Waals surface area contributed by atoms with Crippen LogP contribution in [0.25, 0.3) is 0 Å². The molecule has 98 valence electrons. The van der Waals surface area contributed by atoms with Crippen LogP contribution in [0.15, 0.2) is 48.5 Å². The molecule has 0 fully saturated rings. The molecule has 0 radical (unpaired) electrons. The Morgan fingerprint density at radius 3 is 2.63 bits per heavy atom. The Balaban J connectivity index is 1.86. The Bertz CT molecular complexity index is 565. The molecule has 1 aliphatic heterocycles. The van der Waals surface area contributed by atoms with Crippen molar-refractivity contribution in [3.05, 3.63) is 64.7 Å². The van der Waals surface area contributed by atoms with E-state index in [9.17, 15) is 0 Å². The molecule has 1 atom stereocenters. The molecule has 0 spiro atoms. The maximum Gasteiger partial charge on any atom is 0.0430 e. The van der Waals surface area contributed by atoms with Crippen molar-refractivity contribution in [2.75, 3.05) is 11.4 Å². The molecule has 1 aliphatic rings. The first-order valence-electron chi connectivity index (χ1n) is 6.55. The molecule has 3 rings (SSSR count). The van der Waals surface area contributed by atoms with Crippen molar-refractivity contribution in [2.45, 2.75) is 19.0 Å². The van der Waals surface area contributed by atoms with Crippen LogP contribution >= 0.6 is 11.6 Å². The highest BCUT2D eigenvalue weighted by Gasteiger charge is 2.21. The van der Waals surface area contributed by atoms with E-state index in [-0.39, 0.29) is 6.04 Å². The molecule has 3 heteroatoms. The quantitative estimate of drug-likeness (QED) is 0.909. The number of nitrogens with two attached hydrogens (primary N) is 1. The standard InChI is InChI=1S/C16H17ClN2/c17-14-7-5-12(6-8-14)10-19-11-15(18)9-13-3-1-2-4-16(13)19/h1-8,15H,9-11,18H2. The van der Waals surface area contributed by atoms with Gasteiger partial charge >= 0.3 is 0 Å². The van der Waals surface area contributed by atoms with Crippen molar-refractivity contribution in [2.24, 2.45) is 5.73 Å². The van der Waals surface area contributed by atoms with E-state index in [1.807, 2.05) is 12.1 Å². The Hall–Kier alpha value is -1.51. The molecule has 0 bridgehead atoms. The lowest BCUT2D eigenvalue weighted by atomic mass is 9.98. The fourth-order valence-electron chi connectivity index (χ4n) is 2.68. The smallest absolute Gasteiger partial charge is 0.0430 e. The van der Waals surface area contributed by atoms with Gasteiger partial charge in [-0.1, -0.05) is 41.9 Å². The Labute approximate surface area is 118 Å². The average Bonchev–Trinajstić information content (AvgIpc) is 2.41. The van der Waals surface area contributed by atoms with Crippen LogP contribution in [-0.4, -0.2) is 12.6 Å². The number of benzene rings is 2. The van der Waals surface area contributed by atoms with Crippen LogP contribution in [0.4, 0.5) is 5.69 Å². The summed E-state index contributed by atoms with van der Waals surface area (Å²) in [6.07, 6.45) is 0.966. The highest BCUT2D eigenvalue weighted by Crippen LogP contribution is 2.27. The topological polar surface area (TPSA) is 29.3 Å². The van der Waals surface area contributed by atoms with Crippen LogP contribution in [0.3, 0.4) is 0 Å². The van der Waals surface area contributed by atoms with E-state index in [1.165, 1.54) is 16.8 Å². The van der Waals surface area contributed by atoms with Gasteiger partial charge in [0.15, 0.2) is 0 Å². The fourth-order valence-corrected chi connectivity index (χ4v) is 2.81. The van der Waals surface area contributed by atoms with Gasteiger partial charge in [0.25, 0.3) is 0 Å². The predicted molar refractivity (Wildman–Crippen MR) is 80.6 cm³/mol. The van der Waals surface area contributed by atoms with Gasteiger partial charge in [0.2, 0.25) is 0 Å². The van der Waals surface area contributed by atoms with Crippen LogP contribution in [-0.2, 0) is 13.0 Å². The zero-order valence-corrected chi connectivity index (χ0v) is 11.5. The molecule has 1 unspecified atom stereocenters. The summed E-state index contributed by atoms with van der Waals surface area (Å²) in [6.45, 7) is 1.78. The maximum atomic E-state index is 6.15. The highest BCUT2D eigenvalue weighted by atomic mass is 35.5. The molecule has 2 aromatic carbocycles. The second-order valence-electron chi connectivity index (χ2n) is 5.10. The Morgan fingerprint density at radius 2 is 1.84 bits per heavy atom. The lowest BCUT2D eigenvalue weighted by Gasteiger charge is -2.34. The van der Waals surface area contributed by atoms with Gasteiger partial charge in [-0.15, -0.1) is 0 Å². The minimum atomic E-state index is 0.210. The number of para-hydroxylation sites is 1. The van der Waals surface area contributed by atoms with Gasteiger partial charge in [0, 0.05) is 29.8 Å². The van der Waals surface area contributed by atoms with Gasteiger partial charge in [-0.3, -0.25) is 0 Å². The second-order valence-corrected chi connectivity index (χ2v) is 5.54. The first-order chi connectivity index (χ1) is 9.22. The monoisotopic (exact) mass is 272 g/mol. The van der Waals surface area contributed by atoms with Crippen LogP contribution in [0.5, 0.6) is 0 Å². The minimum absolute atomic E-state index is 0.210. The normalized spacial score (nSPS) is 18.2. The summed E-state index contributed by atoms with van der Waals surface area (Å²) in [4.78, 5) is 2.35. The number of nitrogens with zero attached hydrogens (tertiary/aromatic N) is 1. The summed E-state index contributed by atoms with van der Waals surface area (Å²) in [7, 11) is 0. The molecule has 0 aliphatic carbocycles. The van der Waals surface area contributed by atoms with Crippen molar-refractivity contribution in [1.29, 1.82) is 0 Å². The number of hydrogen-bond donors (Lipinski definition) is 1. The summed E-state index contributed by atoms with van der Waals surface area (Å²) in [6, 6.07) is 16.7. The molecule has 2 aromatic rings. The largest absolute Gasteiger partial charge is 0.365 e. The van der Waals surface area contributed by atoms with Gasteiger partial charge in [0.05, 0.1) is 0 Å². The summed E-state index contributed by atoms with van der Waals surface area (Å²) in [5.74, 6) is 0. The summed E-state index contributed by atoms with van der Waals surface area (Å²) in [5, 5.41) is 0.777. The highest BCUT2D eigenvalue weighted by molar-refractivity contribution is 6.30. The number of anilines is 1. The molecule has 0 amide bonds. The molecule has 0 saturated heterocycles. The predicted octanol–water partition coefficient (Wildman–Crippen LogP) is 3.23. The zero-order chi connectivity index (χ0) is 13.2. The minimum Gasteiger partial charge on any atom is -0.365 e. The second kappa shape index (κ2) is 5.24. The van der Waals surface area contributed by atoms with Crippen LogP contribution in [0, 0.1) is 0 Å². The summed E-state index contributed by atoms with van der Waals surface area (Å²) >= 11 is 5.93. The Kier molecular flexibility index (Phi) is 3.45. The van der Waals surface area contributed by atoms with E-state index in [1.54, 1.807) is 0 Å². The molecule has 2 N–H and O–H groups in total. The summed E-state index contributed by atoms with van der Waals surface area (Å²) < 4.78 is 0. The third kappa shape index (κ3) is 2.75. The van der Waals surface area contributed by atoms with Crippen molar-refractivity contribution >= 4 is 17.3 Å². The fraction of sp³-hybridized carbons (Fsp3) is 0.250. The van der Waals surface area contributed by atoms with E-state index >= 15 is 0 Å².